The van der Waals surface area contributed by atoms with Gasteiger partial charge < -0.3 is 10.1 Å². The molecular weight excluding hydrogens is 346 g/mol. The van der Waals surface area contributed by atoms with Gasteiger partial charge in [0.05, 0.1) is 35.1 Å². The van der Waals surface area contributed by atoms with E-state index in [1.807, 2.05) is 0 Å². The summed E-state index contributed by atoms with van der Waals surface area (Å²) in [6.07, 6.45) is 1.37. The van der Waals surface area contributed by atoms with E-state index in [0.29, 0.717) is 11.3 Å². The van der Waals surface area contributed by atoms with Gasteiger partial charge in [0.15, 0.2) is 0 Å². The van der Waals surface area contributed by atoms with Crippen LogP contribution in [0.3, 0.4) is 0 Å². The van der Waals surface area contributed by atoms with Gasteiger partial charge in [-0.2, -0.15) is 0 Å². The first-order chi connectivity index (χ1) is 10.0. The van der Waals surface area contributed by atoms with Crippen molar-refractivity contribution in [3.05, 3.63) is 57.8 Å². The highest BCUT2D eigenvalue weighted by atomic mass is 79.9. The average Bonchev–Trinajstić information content (AvgIpc) is 2.49. The highest BCUT2D eigenvalue weighted by Crippen LogP contribution is 2.24. The third kappa shape index (κ3) is 3.75. The number of rotatable bonds is 4. The van der Waals surface area contributed by atoms with Crippen molar-refractivity contribution in [2.45, 2.75) is 6.54 Å². The first-order valence-electron chi connectivity index (χ1n) is 5.93. The van der Waals surface area contributed by atoms with Crippen LogP contribution in [0.1, 0.15) is 16.1 Å². The zero-order valence-corrected chi connectivity index (χ0v) is 12.6. The zero-order valence-electron chi connectivity index (χ0n) is 11.0. The molecule has 1 aromatic carbocycles. The molecule has 0 aliphatic rings. The second-order valence-corrected chi connectivity index (χ2v) is 4.98. The van der Waals surface area contributed by atoms with Crippen molar-refractivity contribution in [2.24, 2.45) is 0 Å². The Balaban J connectivity index is 2.06. The van der Waals surface area contributed by atoms with Gasteiger partial charge >= 0.3 is 5.97 Å². The van der Waals surface area contributed by atoms with Crippen LogP contribution >= 0.6 is 15.9 Å². The molecule has 1 N–H and O–H groups in total. The molecule has 110 valence electrons. The number of halogens is 3. The third-order valence-electron chi connectivity index (χ3n) is 2.72. The van der Waals surface area contributed by atoms with E-state index in [1.165, 1.54) is 19.4 Å². The summed E-state index contributed by atoms with van der Waals surface area (Å²) in [5.41, 5.74) is 1.08. The summed E-state index contributed by atoms with van der Waals surface area (Å²) in [5, 5.41) is 2.81. The van der Waals surface area contributed by atoms with E-state index in [2.05, 4.69) is 31.0 Å². The van der Waals surface area contributed by atoms with Crippen molar-refractivity contribution < 1.29 is 18.3 Å². The number of nitrogens with one attached hydrogen (secondary N) is 1. The molecule has 0 saturated carbocycles. The van der Waals surface area contributed by atoms with Gasteiger partial charge in [0.2, 0.25) is 0 Å². The maximum Gasteiger partial charge on any atom is 0.339 e. The van der Waals surface area contributed by atoms with E-state index in [4.69, 9.17) is 0 Å². The molecule has 4 nitrogen and oxygen atoms in total. The Hall–Kier alpha value is -2.02. The highest BCUT2D eigenvalue weighted by molar-refractivity contribution is 9.10. The molecule has 0 amide bonds. The fourth-order valence-corrected chi connectivity index (χ4v) is 1.95. The van der Waals surface area contributed by atoms with Gasteiger partial charge in [0.25, 0.3) is 0 Å². The molecule has 1 heterocycles. The summed E-state index contributed by atoms with van der Waals surface area (Å²) in [6.45, 7) is 0.233. The molecule has 0 fully saturated rings. The Bertz CT molecular complexity index is 663. The lowest BCUT2D eigenvalue weighted by atomic mass is 10.2. The van der Waals surface area contributed by atoms with Gasteiger partial charge in [-0.05, 0) is 34.1 Å². The summed E-state index contributed by atoms with van der Waals surface area (Å²) in [4.78, 5) is 15.3. The maximum absolute atomic E-state index is 13.5. The van der Waals surface area contributed by atoms with Crippen LogP contribution in [0.4, 0.5) is 14.5 Å². The largest absolute Gasteiger partial charge is 0.465 e. The van der Waals surface area contributed by atoms with Crippen molar-refractivity contribution in [2.75, 3.05) is 12.4 Å². The number of hydrogen-bond donors (Lipinski definition) is 1. The SMILES string of the molecule is COC(=O)c1ccc(CNc2cc(Br)c(F)cc2F)nc1. The van der Waals surface area contributed by atoms with Crippen LogP contribution in [-0.2, 0) is 11.3 Å². The van der Waals surface area contributed by atoms with E-state index in [9.17, 15) is 13.6 Å². The molecule has 0 unspecified atom stereocenters. The minimum atomic E-state index is -0.693. The zero-order chi connectivity index (χ0) is 15.4. The summed E-state index contributed by atoms with van der Waals surface area (Å²) in [5.74, 6) is -1.84. The monoisotopic (exact) mass is 356 g/mol. The number of hydrogen-bond acceptors (Lipinski definition) is 4. The van der Waals surface area contributed by atoms with Crippen molar-refractivity contribution in [1.29, 1.82) is 0 Å². The summed E-state index contributed by atoms with van der Waals surface area (Å²) >= 11 is 2.99. The van der Waals surface area contributed by atoms with E-state index in [-0.39, 0.29) is 16.7 Å². The molecule has 0 saturated heterocycles. The molecule has 0 aliphatic heterocycles. The number of carbonyl (C=O) groups is 1. The van der Waals surface area contributed by atoms with E-state index < -0.39 is 17.6 Å². The number of benzene rings is 1. The molecule has 2 aromatic rings. The second kappa shape index (κ2) is 6.62. The Morgan fingerprint density at radius 3 is 2.71 bits per heavy atom. The van der Waals surface area contributed by atoms with Gasteiger partial charge in [0.1, 0.15) is 11.6 Å². The van der Waals surface area contributed by atoms with Crippen LogP contribution in [0.15, 0.2) is 34.9 Å². The molecule has 7 heteroatoms. The smallest absolute Gasteiger partial charge is 0.339 e. The van der Waals surface area contributed by atoms with Crippen molar-refractivity contribution in [1.82, 2.24) is 4.98 Å². The van der Waals surface area contributed by atoms with Crippen molar-refractivity contribution in [3.8, 4) is 0 Å². The lowest BCUT2D eigenvalue weighted by Gasteiger charge is -2.08. The topological polar surface area (TPSA) is 51.2 Å². The molecule has 1 aromatic heterocycles. The average molecular weight is 357 g/mol. The normalized spacial score (nSPS) is 10.3. The van der Waals surface area contributed by atoms with Crippen LogP contribution in [0.5, 0.6) is 0 Å². The number of anilines is 1. The van der Waals surface area contributed by atoms with Crippen LogP contribution in [0.25, 0.3) is 0 Å². The number of esters is 1. The Labute approximate surface area is 128 Å². The minimum Gasteiger partial charge on any atom is -0.465 e. The van der Waals surface area contributed by atoms with Crippen LogP contribution in [0, 0.1) is 11.6 Å². The third-order valence-corrected chi connectivity index (χ3v) is 3.32. The Morgan fingerprint density at radius 1 is 1.33 bits per heavy atom. The number of nitrogens with zero attached hydrogens (tertiary/aromatic N) is 1. The molecule has 0 spiro atoms. The first-order valence-corrected chi connectivity index (χ1v) is 6.72. The van der Waals surface area contributed by atoms with E-state index >= 15 is 0 Å². The standard InChI is InChI=1S/C14H11BrF2N2O2/c1-21-14(20)8-2-3-9(18-6-8)7-19-13-4-10(15)11(16)5-12(13)17/h2-6,19H,7H2,1H3. The minimum absolute atomic E-state index is 0.155. The van der Waals surface area contributed by atoms with Gasteiger partial charge in [0, 0.05) is 12.3 Å². The molecule has 0 radical (unpaired) electrons. The Kier molecular flexibility index (Phi) is 4.85. The summed E-state index contributed by atoms with van der Waals surface area (Å²) in [6, 6.07) is 5.29. The predicted molar refractivity (Wildman–Crippen MR) is 77.0 cm³/mol. The summed E-state index contributed by atoms with van der Waals surface area (Å²) in [7, 11) is 1.28. The molecule has 2 rings (SSSR count). The lowest BCUT2D eigenvalue weighted by Crippen LogP contribution is -2.06. The lowest BCUT2D eigenvalue weighted by molar-refractivity contribution is 0.0600. The van der Waals surface area contributed by atoms with E-state index in [0.717, 1.165) is 6.07 Å². The number of methoxy groups -OCH3 is 1. The van der Waals surface area contributed by atoms with Crippen LogP contribution in [-0.4, -0.2) is 18.1 Å². The number of aromatic nitrogens is 1. The highest BCUT2D eigenvalue weighted by Gasteiger charge is 2.09. The van der Waals surface area contributed by atoms with Gasteiger partial charge in [-0.15, -0.1) is 0 Å². The first kappa shape index (κ1) is 15.4. The number of pyridine rings is 1. The predicted octanol–water partition coefficient (Wildman–Crippen LogP) is 3.52. The number of carbonyl (C=O) groups excluding carboxylic acids is 1. The van der Waals surface area contributed by atoms with Gasteiger partial charge in [-0.25, -0.2) is 13.6 Å². The van der Waals surface area contributed by atoms with Crippen LogP contribution < -0.4 is 5.32 Å². The fraction of sp³-hybridized carbons (Fsp3) is 0.143. The van der Waals surface area contributed by atoms with Crippen molar-refractivity contribution in [3.63, 3.8) is 0 Å². The molecule has 21 heavy (non-hydrogen) atoms. The van der Waals surface area contributed by atoms with Gasteiger partial charge in [-0.1, -0.05) is 0 Å². The molecular formula is C14H11BrF2N2O2. The Morgan fingerprint density at radius 2 is 2.10 bits per heavy atom. The fourth-order valence-electron chi connectivity index (χ4n) is 1.61. The maximum atomic E-state index is 13.5. The second-order valence-electron chi connectivity index (χ2n) is 4.13. The molecule has 0 aliphatic carbocycles. The summed E-state index contributed by atoms with van der Waals surface area (Å²) < 4.78 is 31.4. The molecule has 0 bridgehead atoms. The van der Waals surface area contributed by atoms with E-state index in [1.54, 1.807) is 12.1 Å². The number of ether oxygens (including phenoxy) is 1. The van der Waals surface area contributed by atoms with Crippen LogP contribution in [0.2, 0.25) is 0 Å². The van der Waals surface area contributed by atoms with Gasteiger partial charge in [-0.3, -0.25) is 4.98 Å². The molecule has 0 atom stereocenters. The van der Waals surface area contributed by atoms with Crippen molar-refractivity contribution >= 4 is 27.6 Å². The quantitative estimate of drug-likeness (QED) is 0.672.